The van der Waals surface area contributed by atoms with Crippen LogP contribution in [-0.2, 0) is 6.42 Å². The lowest BCUT2D eigenvalue weighted by molar-refractivity contribution is 0.0432. The summed E-state index contributed by atoms with van der Waals surface area (Å²) in [6.45, 7) is 5.83. The summed E-state index contributed by atoms with van der Waals surface area (Å²) in [5.74, 6) is -0.184. The highest BCUT2D eigenvalue weighted by molar-refractivity contribution is 5.98. The van der Waals surface area contributed by atoms with Crippen LogP contribution in [0.15, 0.2) is 53.0 Å². The molecule has 0 bridgehead atoms. The van der Waals surface area contributed by atoms with Crippen molar-refractivity contribution in [1.82, 2.24) is 19.9 Å². The van der Waals surface area contributed by atoms with Crippen molar-refractivity contribution in [2.45, 2.75) is 31.9 Å². The number of nitrogens with zero attached hydrogens (tertiary/aromatic N) is 6. The highest BCUT2D eigenvalue weighted by atomic mass is 19.1. The van der Waals surface area contributed by atoms with Crippen molar-refractivity contribution in [1.29, 1.82) is 0 Å². The maximum atomic E-state index is 15.2. The molecule has 0 saturated carbocycles. The van der Waals surface area contributed by atoms with Crippen molar-refractivity contribution < 1.29 is 9.18 Å². The Morgan fingerprint density at radius 1 is 1.31 bits per heavy atom. The highest BCUT2D eigenvalue weighted by Gasteiger charge is 2.37. The van der Waals surface area contributed by atoms with E-state index >= 15 is 4.39 Å². The second-order valence-corrected chi connectivity index (χ2v) is 6.82. The summed E-state index contributed by atoms with van der Waals surface area (Å²) in [6.07, 6.45) is 10.1. The van der Waals surface area contributed by atoms with Crippen molar-refractivity contribution in [3.8, 4) is 0 Å². The average Bonchev–Trinajstić information content (AvgIpc) is 2.75. The second-order valence-electron chi connectivity index (χ2n) is 6.82. The van der Waals surface area contributed by atoms with Crippen LogP contribution in [0.4, 0.5) is 4.39 Å². The molecule has 0 N–H and O–H groups in total. The first kappa shape index (κ1) is 20.4. The number of carbonyl (C=O) groups is 1. The summed E-state index contributed by atoms with van der Waals surface area (Å²) in [6, 6.07) is 3.42. The van der Waals surface area contributed by atoms with Crippen molar-refractivity contribution in [3.63, 3.8) is 0 Å². The third-order valence-corrected chi connectivity index (χ3v) is 4.89. The number of alkyl halides is 1. The van der Waals surface area contributed by atoms with Crippen LogP contribution in [-0.4, -0.2) is 57.6 Å². The molecule has 1 aliphatic rings. The number of hydrogen-bond acceptors (Lipinski definition) is 5. The molecule has 0 spiro atoms. The number of amides is 1. The number of pyridine rings is 1. The molecule has 0 atom stereocenters. The molecule has 1 fully saturated rings. The molecule has 2 aromatic rings. The molecule has 7 nitrogen and oxygen atoms in total. The van der Waals surface area contributed by atoms with E-state index in [9.17, 15) is 4.79 Å². The van der Waals surface area contributed by atoms with Gasteiger partial charge in [0.15, 0.2) is 0 Å². The van der Waals surface area contributed by atoms with Gasteiger partial charge in [0, 0.05) is 44.3 Å². The van der Waals surface area contributed by atoms with Crippen LogP contribution in [0.25, 0.3) is 5.70 Å². The molecule has 1 saturated heterocycles. The summed E-state index contributed by atoms with van der Waals surface area (Å²) in [5, 5.41) is 0. The molecule has 2 aromatic heterocycles. The van der Waals surface area contributed by atoms with Crippen LogP contribution in [0.2, 0.25) is 0 Å². The molecule has 3 heterocycles. The molecule has 29 heavy (non-hydrogen) atoms. The number of likely N-dealkylation sites (tertiary alicyclic amines) is 1. The van der Waals surface area contributed by atoms with E-state index in [1.807, 2.05) is 6.92 Å². The Hall–Kier alpha value is -3.29. The number of halogens is 1. The Labute approximate surface area is 169 Å². The van der Waals surface area contributed by atoms with E-state index in [2.05, 4.69) is 31.7 Å². The normalized spacial score (nSPS) is 16.8. The first-order chi connectivity index (χ1) is 14.1. The standard InChI is InChI=1S/C21H23FN6O/c1-3-18(27-15-23-2)19-17(5-4-8-26-19)20(29)28-11-6-21(22,7-12-28)13-16-14-24-9-10-25-16/h3-5,8-10,14-15H,2,6-7,11-13H2,1H3/b18-3-,27-15-. The smallest absolute Gasteiger partial charge is 0.256 e. The minimum atomic E-state index is -1.39. The first-order valence-electron chi connectivity index (χ1n) is 9.39. The van der Waals surface area contributed by atoms with E-state index in [1.54, 1.807) is 47.9 Å². The lowest BCUT2D eigenvalue weighted by atomic mass is 9.88. The monoisotopic (exact) mass is 394 g/mol. The van der Waals surface area contributed by atoms with Gasteiger partial charge in [0.25, 0.3) is 5.91 Å². The van der Waals surface area contributed by atoms with E-state index in [4.69, 9.17) is 0 Å². The number of hydrogen-bond donors (Lipinski definition) is 0. The van der Waals surface area contributed by atoms with Crippen LogP contribution in [0, 0.1) is 0 Å². The van der Waals surface area contributed by atoms with E-state index in [0.717, 1.165) is 0 Å². The fourth-order valence-electron chi connectivity index (χ4n) is 3.36. The third kappa shape index (κ3) is 4.96. The summed E-state index contributed by atoms with van der Waals surface area (Å²) >= 11 is 0. The number of aliphatic imine (C=N–C) groups is 2. The molecular formula is C21H23FN6O. The van der Waals surface area contributed by atoms with Crippen LogP contribution in [0.1, 0.15) is 41.5 Å². The molecule has 0 unspecified atom stereocenters. The zero-order chi connectivity index (χ0) is 20.7. The number of carbonyl (C=O) groups excluding carboxylic acids is 1. The van der Waals surface area contributed by atoms with Gasteiger partial charge in [0.05, 0.1) is 17.0 Å². The first-order valence-corrected chi connectivity index (χ1v) is 9.39. The molecule has 0 aliphatic carbocycles. The highest BCUT2D eigenvalue weighted by Crippen LogP contribution is 2.31. The summed E-state index contributed by atoms with van der Waals surface area (Å²) in [7, 11) is 0. The van der Waals surface area contributed by atoms with Crippen molar-refractivity contribution in [2.75, 3.05) is 13.1 Å². The molecule has 0 radical (unpaired) electrons. The molecule has 8 heteroatoms. The second kappa shape index (κ2) is 9.27. The van der Waals surface area contributed by atoms with Crippen LogP contribution < -0.4 is 0 Å². The Morgan fingerprint density at radius 2 is 2.10 bits per heavy atom. The number of piperidine rings is 1. The zero-order valence-electron chi connectivity index (χ0n) is 16.3. The summed E-state index contributed by atoms with van der Waals surface area (Å²) in [4.78, 5) is 35.0. The maximum absolute atomic E-state index is 15.2. The van der Waals surface area contributed by atoms with Crippen LogP contribution in [0.3, 0.4) is 0 Å². The molecule has 1 aliphatic heterocycles. The predicted molar refractivity (Wildman–Crippen MR) is 111 cm³/mol. The lowest BCUT2D eigenvalue weighted by Crippen LogP contribution is -2.45. The number of rotatable bonds is 6. The van der Waals surface area contributed by atoms with Crippen molar-refractivity contribution in [3.05, 3.63) is 59.9 Å². The van der Waals surface area contributed by atoms with Crippen LogP contribution in [0.5, 0.6) is 0 Å². The van der Waals surface area contributed by atoms with Gasteiger partial charge < -0.3 is 4.90 Å². The van der Waals surface area contributed by atoms with Gasteiger partial charge in [-0.2, -0.15) is 0 Å². The van der Waals surface area contributed by atoms with Gasteiger partial charge in [-0.3, -0.25) is 24.7 Å². The van der Waals surface area contributed by atoms with Gasteiger partial charge in [0.1, 0.15) is 17.7 Å². The molecule has 1 amide bonds. The largest absolute Gasteiger partial charge is 0.338 e. The van der Waals surface area contributed by atoms with Gasteiger partial charge in [-0.25, -0.2) is 9.38 Å². The Balaban J connectivity index is 1.73. The lowest BCUT2D eigenvalue weighted by Gasteiger charge is -2.36. The van der Waals surface area contributed by atoms with Crippen molar-refractivity contribution in [2.24, 2.45) is 9.98 Å². The van der Waals surface area contributed by atoms with Gasteiger partial charge >= 0.3 is 0 Å². The Kier molecular flexibility index (Phi) is 6.54. The fraction of sp³-hybridized carbons (Fsp3) is 0.333. The summed E-state index contributed by atoms with van der Waals surface area (Å²) in [5.41, 5.74) is 0.661. The van der Waals surface area contributed by atoms with E-state index in [0.29, 0.717) is 35.7 Å². The SMILES string of the molecule is C=N/C=N\C(=C/C)c1ncccc1C(=O)N1CCC(F)(Cc2cnccn2)CC1. The fourth-order valence-corrected chi connectivity index (χ4v) is 3.36. The van der Waals surface area contributed by atoms with Gasteiger partial charge in [-0.15, -0.1) is 0 Å². The van der Waals surface area contributed by atoms with Crippen LogP contribution >= 0.6 is 0 Å². The third-order valence-electron chi connectivity index (χ3n) is 4.89. The maximum Gasteiger partial charge on any atom is 0.256 e. The van der Waals surface area contributed by atoms with E-state index in [-0.39, 0.29) is 25.2 Å². The molecule has 3 rings (SSSR count). The summed E-state index contributed by atoms with van der Waals surface area (Å²) < 4.78 is 15.2. The number of aromatic nitrogens is 3. The topological polar surface area (TPSA) is 83.7 Å². The minimum Gasteiger partial charge on any atom is -0.338 e. The Bertz CT molecular complexity index is 920. The molecule has 150 valence electrons. The zero-order valence-corrected chi connectivity index (χ0v) is 16.3. The van der Waals surface area contributed by atoms with E-state index in [1.165, 1.54) is 6.34 Å². The van der Waals surface area contributed by atoms with Crippen molar-refractivity contribution >= 4 is 24.7 Å². The average molecular weight is 394 g/mol. The van der Waals surface area contributed by atoms with Gasteiger partial charge in [-0.05, 0) is 38.6 Å². The molecule has 0 aromatic carbocycles. The minimum absolute atomic E-state index is 0.184. The van der Waals surface area contributed by atoms with Gasteiger partial charge in [-0.1, -0.05) is 6.08 Å². The van der Waals surface area contributed by atoms with E-state index < -0.39 is 5.67 Å². The molecular weight excluding hydrogens is 371 g/mol. The van der Waals surface area contributed by atoms with Gasteiger partial charge in [0.2, 0.25) is 0 Å². The Morgan fingerprint density at radius 3 is 2.76 bits per heavy atom. The quantitative estimate of drug-likeness (QED) is 0.557. The number of allylic oxidation sites excluding steroid dienone is 1. The predicted octanol–water partition coefficient (Wildman–Crippen LogP) is 3.15.